The summed E-state index contributed by atoms with van der Waals surface area (Å²) < 4.78 is 10.2. The van der Waals surface area contributed by atoms with E-state index in [1.807, 2.05) is 12.1 Å². The lowest BCUT2D eigenvalue weighted by Crippen LogP contribution is -2.30. The summed E-state index contributed by atoms with van der Waals surface area (Å²) in [6, 6.07) is 4.16. The van der Waals surface area contributed by atoms with Crippen LogP contribution in [0.4, 0.5) is 0 Å². The predicted molar refractivity (Wildman–Crippen MR) is 59.9 cm³/mol. The molecule has 0 spiro atoms. The zero-order valence-corrected chi connectivity index (χ0v) is 9.45. The highest BCUT2D eigenvalue weighted by atomic mass is 16.5. The van der Waals surface area contributed by atoms with Crippen molar-refractivity contribution >= 4 is 0 Å². The molecule has 4 nitrogen and oxygen atoms in total. The summed E-state index contributed by atoms with van der Waals surface area (Å²) >= 11 is 0. The zero-order chi connectivity index (χ0) is 10.9. The minimum atomic E-state index is 0.268. The van der Waals surface area contributed by atoms with Crippen molar-refractivity contribution in [2.75, 3.05) is 33.4 Å². The van der Waals surface area contributed by atoms with E-state index in [-0.39, 0.29) is 6.04 Å². The number of nitrogens with one attached hydrogen (secondary N) is 2. The Morgan fingerprint density at radius 3 is 2.93 bits per heavy atom. The number of hydrogen-bond donors (Lipinski definition) is 2. The Kier molecular flexibility index (Phi) is 6.08. The molecule has 86 valence electrons. The molecule has 0 aromatic carbocycles. The first-order chi connectivity index (χ1) is 7.34. The Hall–Kier alpha value is -0.840. The molecule has 1 unspecified atom stereocenters. The number of furan rings is 1. The fraction of sp³-hybridized carbons (Fsp3) is 0.636. The van der Waals surface area contributed by atoms with Crippen LogP contribution in [0.15, 0.2) is 22.8 Å². The normalized spacial score (nSPS) is 12.9. The maximum atomic E-state index is 5.29. The second-order valence-corrected chi connectivity index (χ2v) is 3.43. The highest BCUT2D eigenvalue weighted by Crippen LogP contribution is 2.11. The third-order valence-corrected chi connectivity index (χ3v) is 2.21. The summed E-state index contributed by atoms with van der Waals surface area (Å²) in [5.74, 6) is 0.979. The third-order valence-electron chi connectivity index (χ3n) is 2.21. The van der Waals surface area contributed by atoms with Gasteiger partial charge in [0.1, 0.15) is 5.76 Å². The molecular formula is C11H20N2O2. The molecule has 0 saturated carbocycles. The molecule has 0 fully saturated rings. The van der Waals surface area contributed by atoms with Gasteiger partial charge in [0.25, 0.3) is 0 Å². The Morgan fingerprint density at radius 2 is 2.27 bits per heavy atom. The van der Waals surface area contributed by atoms with Gasteiger partial charge < -0.3 is 19.8 Å². The average molecular weight is 212 g/mol. The monoisotopic (exact) mass is 212 g/mol. The van der Waals surface area contributed by atoms with Crippen molar-refractivity contribution in [2.24, 2.45) is 0 Å². The zero-order valence-electron chi connectivity index (χ0n) is 9.45. The smallest absolute Gasteiger partial charge is 0.120 e. The maximum Gasteiger partial charge on any atom is 0.120 e. The molecule has 0 saturated heterocycles. The molecule has 1 rings (SSSR count). The van der Waals surface area contributed by atoms with Gasteiger partial charge in [0.2, 0.25) is 0 Å². The summed E-state index contributed by atoms with van der Waals surface area (Å²) in [7, 11) is 1.71. The lowest BCUT2D eigenvalue weighted by Gasteiger charge is -2.11. The highest BCUT2D eigenvalue weighted by molar-refractivity contribution is 5.02. The first kappa shape index (κ1) is 12.2. The lowest BCUT2D eigenvalue weighted by atomic mass is 10.2. The lowest BCUT2D eigenvalue weighted by molar-refractivity contribution is 0.199. The average Bonchev–Trinajstić information content (AvgIpc) is 2.76. The topological polar surface area (TPSA) is 46.4 Å². The van der Waals surface area contributed by atoms with Crippen LogP contribution in [0.25, 0.3) is 0 Å². The van der Waals surface area contributed by atoms with E-state index in [4.69, 9.17) is 9.15 Å². The molecule has 0 aliphatic heterocycles. The van der Waals surface area contributed by atoms with Crippen LogP contribution in [0, 0.1) is 0 Å². The van der Waals surface area contributed by atoms with Gasteiger partial charge in [-0.25, -0.2) is 0 Å². The van der Waals surface area contributed by atoms with Gasteiger partial charge in [-0.2, -0.15) is 0 Å². The van der Waals surface area contributed by atoms with Crippen LogP contribution in [-0.4, -0.2) is 33.4 Å². The molecule has 1 aromatic heterocycles. The van der Waals surface area contributed by atoms with E-state index < -0.39 is 0 Å². The van der Waals surface area contributed by atoms with Crippen LogP contribution in [0.5, 0.6) is 0 Å². The summed E-state index contributed by atoms with van der Waals surface area (Å²) in [5.41, 5.74) is 0. The van der Waals surface area contributed by atoms with Crippen LogP contribution in [0.3, 0.4) is 0 Å². The summed E-state index contributed by atoms with van der Waals surface area (Å²) in [5, 5.41) is 6.63. The van der Waals surface area contributed by atoms with Gasteiger partial charge in [0.15, 0.2) is 0 Å². The van der Waals surface area contributed by atoms with Crippen LogP contribution >= 0.6 is 0 Å². The molecule has 1 aromatic rings. The van der Waals surface area contributed by atoms with E-state index in [0.717, 1.165) is 32.0 Å². The van der Waals surface area contributed by atoms with Crippen molar-refractivity contribution in [3.05, 3.63) is 24.2 Å². The van der Waals surface area contributed by atoms with Crippen molar-refractivity contribution in [1.82, 2.24) is 10.6 Å². The minimum absolute atomic E-state index is 0.268. The van der Waals surface area contributed by atoms with E-state index in [1.165, 1.54) is 0 Å². The molecule has 0 aliphatic carbocycles. The van der Waals surface area contributed by atoms with E-state index >= 15 is 0 Å². The number of ether oxygens (including phenoxy) is 1. The SMILES string of the molecule is COCCNCCNC(C)c1ccco1. The summed E-state index contributed by atoms with van der Waals surface area (Å²) in [6.07, 6.45) is 1.70. The first-order valence-electron chi connectivity index (χ1n) is 5.31. The molecule has 4 heteroatoms. The minimum Gasteiger partial charge on any atom is -0.468 e. The van der Waals surface area contributed by atoms with Gasteiger partial charge in [-0.3, -0.25) is 0 Å². The molecule has 0 aliphatic rings. The molecule has 0 amide bonds. The third kappa shape index (κ3) is 4.97. The quantitative estimate of drug-likeness (QED) is 0.635. The fourth-order valence-electron chi connectivity index (χ4n) is 1.31. The van der Waals surface area contributed by atoms with Gasteiger partial charge in [0.05, 0.1) is 18.9 Å². The highest BCUT2D eigenvalue weighted by Gasteiger charge is 2.05. The summed E-state index contributed by atoms with van der Waals surface area (Å²) in [4.78, 5) is 0. The summed E-state index contributed by atoms with van der Waals surface area (Å²) in [6.45, 7) is 5.61. The first-order valence-corrected chi connectivity index (χ1v) is 5.31. The Balaban J connectivity index is 2.00. The Labute approximate surface area is 91.0 Å². The second-order valence-electron chi connectivity index (χ2n) is 3.43. The van der Waals surface area contributed by atoms with Gasteiger partial charge in [-0.1, -0.05) is 0 Å². The van der Waals surface area contributed by atoms with Crippen molar-refractivity contribution < 1.29 is 9.15 Å². The molecule has 1 heterocycles. The molecular weight excluding hydrogens is 192 g/mol. The van der Waals surface area contributed by atoms with Crippen molar-refractivity contribution in [2.45, 2.75) is 13.0 Å². The Bertz CT molecular complexity index is 237. The van der Waals surface area contributed by atoms with E-state index in [9.17, 15) is 0 Å². The largest absolute Gasteiger partial charge is 0.468 e. The molecule has 0 radical (unpaired) electrons. The number of hydrogen-bond acceptors (Lipinski definition) is 4. The fourth-order valence-corrected chi connectivity index (χ4v) is 1.31. The van der Waals surface area contributed by atoms with Crippen LogP contribution < -0.4 is 10.6 Å². The molecule has 0 bridgehead atoms. The molecule has 15 heavy (non-hydrogen) atoms. The van der Waals surface area contributed by atoms with Crippen molar-refractivity contribution in [3.63, 3.8) is 0 Å². The van der Waals surface area contributed by atoms with E-state index in [0.29, 0.717) is 0 Å². The predicted octanol–water partition coefficient (Wildman–Crippen LogP) is 1.17. The van der Waals surface area contributed by atoms with Crippen LogP contribution in [0.1, 0.15) is 18.7 Å². The van der Waals surface area contributed by atoms with E-state index in [2.05, 4.69) is 17.6 Å². The van der Waals surface area contributed by atoms with Gasteiger partial charge in [0, 0.05) is 26.7 Å². The standard InChI is InChI=1S/C11H20N2O2/c1-10(11-4-3-8-15-11)13-6-5-12-7-9-14-2/h3-4,8,10,12-13H,5-7,9H2,1-2H3. The van der Waals surface area contributed by atoms with Gasteiger partial charge in [-0.15, -0.1) is 0 Å². The molecule has 2 N–H and O–H groups in total. The number of methoxy groups -OCH3 is 1. The van der Waals surface area contributed by atoms with Gasteiger partial charge in [-0.05, 0) is 19.1 Å². The van der Waals surface area contributed by atoms with Crippen molar-refractivity contribution in [3.8, 4) is 0 Å². The maximum absolute atomic E-state index is 5.29. The van der Waals surface area contributed by atoms with Crippen LogP contribution in [0.2, 0.25) is 0 Å². The van der Waals surface area contributed by atoms with E-state index in [1.54, 1.807) is 13.4 Å². The molecule has 1 atom stereocenters. The Morgan fingerprint density at radius 1 is 1.40 bits per heavy atom. The van der Waals surface area contributed by atoms with Gasteiger partial charge >= 0.3 is 0 Å². The second kappa shape index (κ2) is 7.45. The van der Waals surface area contributed by atoms with Crippen LogP contribution in [-0.2, 0) is 4.74 Å². The van der Waals surface area contributed by atoms with Crippen molar-refractivity contribution in [1.29, 1.82) is 0 Å². The number of rotatable bonds is 8.